The van der Waals surface area contributed by atoms with Gasteiger partial charge in [-0.25, -0.2) is 0 Å². The second kappa shape index (κ2) is 6.03. The molecule has 0 aromatic heterocycles. The number of nitro benzene ring substituents is 1. The van der Waals surface area contributed by atoms with Crippen LogP contribution in [0.4, 0.5) is 5.69 Å². The van der Waals surface area contributed by atoms with E-state index in [1.807, 2.05) is 6.92 Å². The van der Waals surface area contributed by atoms with Gasteiger partial charge in [0.15, 0.2) is 0 Å². The van der Waals surface area contributed by atoms with Gasteiger partial charge in [-0.05, 0) is 37.3 Å². The van der Waals surface area contributed by atoms with Crippen LogP contribution in [-0.4, -0.2) is 27.7 Å². The summed E-state index contributed by atoms with van der Waals surface area (Å²) < 4.78 is 0. The summed E-state index contributed by atoms with van der Waals surface area (Å²) in [7, 11) is 0. The van der Waals surface area contributed by atoms with Gasteiger partial charge in [0, 0.05) is 17.7 Å². The van der Waals surface area contributed by atoms with E-state index >= 15 is 0 Å². The molecule has 0 radical (unpaired) electrons. The Bertz CT molecular complexity index is 715. The van der Waals surface area contributed by atoms with Gasteiger partial charge in [-0.2, -0.15) is 5.01 Å². The maximum absolute atomic E-state index is 12.4. The molecule has 1 heterocycles. The SMILES string of the molecule is C[C@H]1CC[C@@H]2C(=O)N(NC(=O)c3ccc([N+](=O)[O-])cc3)C(=O)[C@@H]2C1. The first-order valence-corrected chi connectivity index (χ1v) is 7.81. The zero-order valence-electron chi connectivity index (χ0n) is 13.1. The third-order valence-electron chi connectivity index (χ3n) is 4.74. The highest BCUT2D eigenvalue weighted by Crippen LogP contribution is 2.39. The molecule has 3 amide bonds. The van der Waals surface area contributed by atoms with Gasteiger partial charge >= 0.3 is 0 Å². The van der Waals surface area contributed by atoms with Crippen LogP contribution in [0.3, 0.4) is 0 Å². The monoisotopic (exact) mass is 331 g/mol. The predicted octanol–water partition coefficient (Wildman–Crippen LogP) is 1.66. The molecule has 1 aromatic carbocycles. The fourth-order valence-electron chi connectivity index (χ4n) is 3.40. The molecule has 3 atom stereocenters. The standard InChI is InChI=1S/C16H17N3O5/c1-9-2-7-12-13(8-9)16(22)18(15(12)21)17-14(20)10-3-5-11(6-4-10)19(23)24/h3-6,9,12-13H,2,7-8H2,1H3,(H,17,20)/t9-,12-,13+/m0/s1. The largest absolute Gasteiger partial charge is 0.272 e. The van der Waals surface area contributed by atoms with E-state index in [0.717, 1.165) is 11.4 Å². The minimum Gasteiger partial charge on any atom is -0.272 e. The van der Waals surface area contributed by atoms with Crippen molar-refractivity contribution in [3.63, 3.8) is 0 Å². The van der Waals surface area contributed by atoms with E-state index in [0.29, 0.717) is 18.8 Å². The molecule has 1 aliphatic carbocycles. The molecule has 1 saturated heterocycles. The molecular weight excluding hydrogens is 314 g/mol. The van der Waals surface area contributed by atoms with E-state index in [-0.39, 0.29) is 34.9 Å². The first kappa shape index (κ1) is 16.1. The predicted molar refractivity (Wildman–Crippen MR) is 82.4 cm³/mol. The van der Waals surface area contributed by atoms with E-state index in [1.54, 1.807) is 0 Å². The molecule has 0 bridgehead atoms. The van der Waals surface area contributed by atoms with Crippen LogP contribution in [0.1, 0.15) is 36.5 Å². The van der Waals surface area contributed by atoms with Crippen molar-refractivity contribution in [1.29, 1.82) is 0 Å². The van der Waals surface area contributed by atoms with Crippen LogP contribution in [0, 0.1) is 27.9 Å². The lowest BCUT2D eigenvalue weighted by molar-refractivity contribution is -0.384. The summed E-state index contributed by atoms with van der Waals surface area (Å²) in [5, 5.41) is 11.4. The molecule has 0 spiro atoms. The van der Waals surface area contributed by atoms with Gasteiger partial charge in [0.05, 0.1) is 16.8 Å². The average molecular weight is 331 g/mol. The molecule has 1 N–H and O–H groups in total. The van der Waals surface area contributed by atoms with E-state index in [9.17, 15) is 24.5 Å². The number of imide groups is 1. The van der Waals surface area contributed by atoms with Crippen LogP contribution >= 0.6 is 0 Å². The number of carbonyl (C=O) groups is 3. The van der Waals surface area contributed by atoms with Crippen molar-refractivity contribution in [2.75, 3.05) is 0 Å². The van der Waals surface area contributed by atoms with Crippen molar-refractivity contribution in [2.45, 2.75) is 26.2 Å². The number of benzene rings is 1. The summed E-state index contributed by atoms with van der Waals surface area (Å²) in [5.74, 6) is -1.71. The number of rotatable bonds is 3. The number of nitro groups is 1. The van der Waals surface area contributed by atoms with Gasteiger partial charge in [0.2, 0.25) is 0 Å². The Morgan fingerprint density at radius 1 is 1.17 bits per heavy atom. The van der Waals surface area contributed by atoms with Crippen molar-refractivity contribution in [3.8, 4) is 0 Å². The molecule has 1 saturated carbocycles. The van der Waals surface area contributed by atoms with Crippen molar-refractivity contribution in [1.82, 2.24) is 10.4 Å². The third kappa shape index (κ3) is 2.75. The zero-order valence-corrected chi connectivity index (χ0v) is 13.1. The van der Waals surface area contributed by atoms with Crippen molar-refractivity contribution >= 4 is 23.4 Å². The highest BCUT2D eigenvalue weighted by molar-refractivity contribution is 6.07. The summed E-state index contributed by atoms with van der Waals surface area (Å²) in [6, 6.07) is 4.97. The molecule has 1 aromatic rings. The van der Waals surface area contributed by atoms with Gasteiger partial charge in [-0.15, -0.1) is 0 Å². The zero-order chi connectivity index (χ0) is 17.4. The Morgan fingerprint density at radius 2 is 1.79 bits per heavy atom. The minimum atomic E-state index is -0.640. The highest BCUT2D eigenvalue weighted by atomic mass is 16.6. The maximum Gasteiger partial charge on any atom is 0.270 e. The highest BCUT2D eigenvalue weighted by Gasteiger charge is 2.50. The quantitative estimate of drug-likeness (QED) is 0.514. The number of fused-ring (bicyclic) bond motifs is 1. The number of amides is 3. The van der Waals surface area contributed by atoms with Crippen LogP contribution < -0.4 is 5.43 Å². The normalized spacial score (nSPS) is 26.2. The van der Waals surface area contributed by atoms with E-state index in [4.69, 9.17) is 0 Å². The second-order valence-corrected chi connectivity index (χ2v) is 6.39. The first-order chi connectivity index (χ1) is 11.4. The van der Waals surface area contributed by atoms with Crippen LogP contribution in [0.15, 0.2) is 24.3 Å². The molecular formula is C16H17N3O5. The number of hydrogen-bond donors (Lipinski definition) is 1. The fraction of sp³-hybridized carbons (Fsp3) is 0.438. The van der Waals surface area contributed by atoms with Crippen molar-refractivity contribution in [2.24, 2.45) is 17.8 Å². The molecule has 2 aliphatic rings. The van der Waals surface area contributed by atoms with E-state index < -0.39 is 10.8 Å². The summed E-state index contributed by atoms with van der Waals surface area (Å²) in [6.07, 6.45) is 2.20. The summed E-state index contributed by atoms with van der Waals surface area (Å²) in [5.41, 5.74) is 2.34. The van der Waals surface area contributed by atoms with Gasteiger partial charge in [0.1, 0.15) is 0 Å². The molecule has 8 nitrogen and oxygen atoms in total. The Labute approximate surface area is 137 Å². The van der Waals surface area contributed by atoms with Crippen LogP contribution in [0.5, 0.6) is 0 Å². The van der Waals surface area contributed by atoms with E-state index in [2.05, 4.69) is 5.43 Å². The maximum atomic E-state index is 12.4. The molecule has 0 unspecified atom stereocenters. The summed E-state index contributed by atoms with van der Waals surface area (Å²) in [6.45, 7) is 2.05. The number of carbonyl (C=O) groups excluding carboxylic acids is 3. The fourth-order valence-corrected chi connectivity index (χ4v) is 3.40. The molecule has 24 heavy (non-hydrogen) atoms. The third-order valence-corrected chi connectivity index (χ3v) is 4.74. The van der Waals surface area contributed by atoms with Crippen molar-refractivity contribution < 1.29 is 19.3 Å². The number of nitrogens with one attached hydrogen (secondary N) is 1. The summed E-state index contributed by atoms with van der Waals surface area (Å²) >= 11 is 0. The van der Waals surface area contributed by atoms with Crippen LogP contribution in [0.25, 0.3) is 0 Å². The number of nitrogens with zero attached hydrogens (tertiary/aromatic N) is 2. The van der Waals surface area contributed by atoms with Gasteiger partial charge in [-0.3, -0.25) is 29.9 Å². The van der Waals surface area contributed by atoms with E-state index in [1.165, 1.54) is 24.3 Å². The van der Waals surface area contributed by atoms with Gasteiger partial charge < -0.3 is 0 Å². The Morgan fingerprint density at radius 3 is 2.42 bits per heavy atom. The minimum absolute atomic E-state index is 0.139. The first-order valence-electron chi connectivity index (χ1n) is 7.81. The van der Waals surface area contributed by atoms with Crippen LogP contribution in [0.2, 0.25) is 0 Å². The molecule has 8 heteroatoms. The van der Waals surface area contributed by atoms with Crippen LogP contribution in [-0.2, 0) is 9.59 Å². The summed E-state index contributed by atoms with van der Waals surface area (Å²) in [4.78, 5) is 47.0. The average Bonchev–Trinajstić information content (AvgIpc) is 2.79. The smallest absolute Gasteiger partial charge is 0.270 e. The topological polar surface area (TPSA) is 110 Å². The lowest BCUT2D eigenvalue weighted by atomic mass is 9.76. The number of hydrogen-bond acceptors (Lipinski definition) is 5. The Kier molecular flexibility index (Phi) is 4.04. The number of hydrazine groups is 1. The lowest BCUT2D eigenvalue weighted by Crippen LogP contribution is -2.46. The molecule has 1 aliphatic heterocycles. The van der Waals surface area contributed by atoms with Crippen molar-refractivity contribution in [3.05, 3.63) is 39.9 Å². The Balaban J connectivity index is 1.73. The van der Waals surface area contributed by atoms with Gasteiger partial charge in [0.25, 0.3) is 23.4 Å². The molecule has 126 valence electrons. The second-order valence-electron chi connectivity index (χ2n) is 6.39. The molecule has 2 fully saturated rings. The number of non-ortho nitro benzene ring substituents is 1. The van der Waals surface area contributed by atoms with Gasteiger partial charge in [-0.1, -0.05) is 6.92 Å². The Hall–Kier alpha value is -2.77. The lowest BCUT2D eigenvalue weighted by Gasteiger charge is -2.25. The molecule has 3 rings (SSSR count).